The molecule has 1 rings (SSSR count). The third kappa shape index (κ3) is 7.64. The van der Waals surface area contributed by atoms with Gasteiger partial charge >= 0.3 is 5.97 Å². The van der Waals surface area contributed by atoms with E-state index in [1.807, 2.05) is 6.26 Å². The van der Waals surface area contributed by atoms with Crippen LogP contribution < -0.4 is 10.1 Å². The standard InChI is InChI=1S/C16H21Cl2NO4S/c1-22-16(21)13(7-9-24-2)19-15(20)4-3-8-23-14-6-5-11(17)10-12(14)18/h5-6,10,13H,3-4,7-9H2,1-2H3,(H,19,20)/t13-/m0/s1. The minimum absolute atomic E-state index is 0.211. The Hall–Kier alpha value is -1.11. The van der Waals surface area contributed by atoms with Gasteiger partial charge in [0, 0.05) is 11.4 Å². The zero-order valence-corrected chi connectivity index (χ0v) is 16.0. The maximum Gasteiger partial charge on any atom is 0.328 e. The van der Waals surface area contributed by atoms with E-state index in [1.54, 1.807) is 30.0 Å². The summed E-state index contributed by atoms with van der Waals surface area (Å²) in [6, 6.07) is 4.35. The fraction of sp³-hybridized carbons (Fsp3) is 0.500. The topological polar surface area (TPSA) is 64.6 Å². The molecule has 0 saturated heterocycles. The molecular weight excluding hydrogens is 373 g/mol. The summed E-state index contributed by atoms with van der Waals surface area (Å²) in [6.45, 7) is 0.336. The van der Waals surface area contributed by atoms with E-state index in [0.717, 1.165) is 5.75 Å². The second-order valence-electron chi connectivity index (χ2n) is 4.95. The Morgan fingerprint density at radius 1 is 1.33 bits per heavy atom. The highest BCUT2D eigenvalue weighted by Crippen LogP contribution is 2.27. The highest BCUT2D eigenvalue weighted by molar-refractivity contribution is 7.98. The SMILES string of the molecule is COC(=O)[C@H](CCSC)NC(=O)CCCOc1ccc(Cl)cc1Cl. The van der Waals surface area contributed by atoms with Crippen LogP contribution in [-0.2, 0) is 14.3 Å². The van der Waals surface area contributed by atoms with Crippen molar-refractivity contribution in [1.82, 2.24) is 5.32 Å². The number of amides is 1. The van der Waals surface area contributed by atoms with Gasteiger partial charge in [0.05, 0.1) is 18.7 Å². The second kappa shape index (κ2) is 11.4. The van der Waals surface area contributed by atoms with Crippen LogP contribution in [0.4, 0.5) is 0 Å². The number of esters is 1. The highest BCUT2D eigenvalue weighted by Gasteiger charge is 2.20. The van der Waals surface area contributed by atoms with Gasteiger partial charge in [-0.2, -0.15) is 11.8 Å². The number of hydrogen-bond donors (Lipinski definition) is 1. The normalized spacial score (nSPS) is 11.7. The molecule has 0 saturated carbocycles. The molecule has 5 nitrogen and oxygen atoms in total. The molecule has 1 atom stereocenters. The fourth-order valence-electron chi connectivity index (χ4n) is 1.90. The summed E-state index contributed by atoms with van der Waals surface area (Å²) in [7, 11) is 1.31. The van der Waals surface area contributed by atoms with Gasteiger partial charge in [-0.25, -0.2) is 4.79 Å². The minimum atomic E-state index is -0.610. The zero-order valence-electron chi connectivity index (χ0n) is 13.6. The maximum atomic E-state index is 11.9. The van der Waals surface area contributed by atoms with Crippen LogP contribution in [0.25, 0.3) is 0 Å². The van der Waals surface area contributed by atoms with Crippen LogP contribution >= 0.6 is 35.0 Å². The maximum absolute atomic E-state index is 11.9. The van der Waals surface area contributed by atoms with Crippen molar-refractivity contribution in [3.63, 3.8) is 0 Å². The van der Waals surface area contributed by atoms with Gasteiger partial charge in [-0.3, -0.25) is 4.79 Å². The number of thioether (sulfide) groups is 1. The zero-order chi connectivity index (χ0) is 17.9. The lowest BCUT2D eigenvalue weighted by atomic mass is 10.2. The van der Waals surface area contributed by atoms with Crippen molar-refractivity contribution in [3.05, 3.63) is 28.2 Å². The highest BCUT2D eigenvalue weighted by atomic mass is 35.5. The molecule has 1 aromatic rings. The third-order valence-corrected chi connectivity index (χ3v) is 4.31. The fourth-order valence-corrected chi connectivity index (χ4v) is 2.83. The lowest BCUT2D eigenvalue weighted by Gasteiger charge is -2.16. The van der Waals surface area contributed by atoms with Gasteiger partial charge in [0.2, 0.25) is 5.91 Å². The van der Waals surface area contributed by atoms with E-state index < -0.39 is 12.0 Å². The van der Waals surface area contributed by atoms with E-state index in [9.17, 15) is 9.59 Å². The van der Waals surface area contributed by atoms with Crippen molar-refractivity contribution in [2.45, 2.75) is 25.3 Å². The Morgan fingerprint density at radius 3 is 2.71 bits per heavy atom. The quantitative estimate of drug-likeness (QED) is 0.486. The van der Waals surface area contributed by atoms with Crippen molar-refractivity contribution in [3.8, 4) is 5.75 Å². The number of halogens is 2. The largest absolute Gasteiger partial charge is 0.492 e. The molecule has 24 heavy (non-hydrogen) atoms. The van der Waals surface area contributed by atoms with Crippen molar-refractivity contribution in [2.75, 3.05) is 25.7 Å². The molecule has 0 unspecified atom stereocenters. The van der Waals surface area contributed by atoms with E-state index >= 15 is 0 Å². The number of rotatable bonds is 10. The van der Waals surface area contributed by atoms with Crippen LogP contribution in [0.1, 0.15) is 19.3 Å². The predicted octanol–water partition coefficient (Wildman–Crippen LogP) is 3.56. The molecule has 0 fully saturated rings. The van der Waals surface area contributed by atoms with Gasteiger partial charge in [-0.1, -0.05) is 23.2 Å². The average Bonchev–Trinajstić information content (AvgIpc) is 2.56. The van der Waals surface area contributed by atoms with Gasteiger partial charge in [0.15, 0.2) is 0 Å². The number of carbonyl (C=O) groups excluding carboxylic acids is 2. The van der Waals surface area contributed by atoms with Crippen molar-refractivity contribution in [2.24, 2.45) is 0 Å². The summed E-state index contributed by atoms with van der Waals surface area (Å²) in [5.74, 6) is 0.644. The number of benzene rings is 1. The number of nitrogens with one attached hydrogen (secondary N) is 1. The molecule has 134 valence electrons. The molecule has 0 radical (unpaired) electrons. The average molecular weight is 394 g/mol. The lowest BCUT2D eigenvalue weighted by Crippen LogP contribution is -2.41. The van der Waals surface area contributed by atoms with Gasteiger partial charge in [0.25, 0.3) is 0 Å². The number of ether oxygens (including phenoxy) is 2. The molecule has 0 aromatic heterocycles. The van der Waals surface area contributed by atoms with Crippen molar-refractivity contribution in [1.29, 1.82) is 0 Å². The summed E-state index contributed by atoms with van der Waals surface area (Å²) in [5, 5.41) is 3.65. The van der Waals surface area contributed by atoms with E-state index in [-0.39, 0.29) is 12.3 Å². The van der Waals surface area contributed by atoms with Crippen molar-refractivity contribution >= 4 is 46.8 Å². The van der Waals surface area contributed by atoms with Crippen LogP contribution in [0.3, 0.4) is 0 Å². The molecule has 1 aromatic carbocycles. The van der Waals surface area contributed by atoms with Crippen LogP contribution in [-0.4, -0.2) is 43.6 Å². The summed E-state index contributed by atoms with van der Waals surface area (Å²) < 4.78 is 10.2. The molecule has 8 heteroatoms. The van der Waals surface area contributed by atoms with Crippen LogP contribution in [0.5, 0.6) is 5.75 Å². The molecule has 1 amide bonds. The van der Waals surface area contributed by atoms with Crippen LogP contribution in [0.2, 0.25) is 10.0 Å². The molecule has 1 N–H and O–H groups in total. The predicted molar refractivity (Wildman–Crippen MR) is 98.1 cm³/mol. The van der Waals surface area contributed by atoms with Gasteiger partial charge < -0.3 is 14.8 Å². The number of hydrogen-bond acceptors (Lipinski definition) is 5. The van der Waals surface area contributed by atoms with Gasteiger partial charge in [0.1, 0.15) is 11.8 Å². The van der Waals surface area contributed by atoms with Crippen LogP contribution in [0, 0.1) is 0 Å². The van der Waals surface area contributed by atoms with Gasteiger partial charge in [-0.05, 0) is 43.0 Å². The molecule has 0 aliphatic rings. The number of carbonyl (C=O) groups is 2. The third-order valence-electron chi connectivity index (χ3n) is 3.13. The second-order valence-corrected chi connectivity index (χ2v) is 6.78. The smallest absolute Gasteiger partial charge is 0.328 e. The summed E-state index contributed by atoms with van der Waals surface area (Å²) in [6.07, 6.45) is 3.23. The first-order chi connectivity index (χ1) is 11.5. The number of methoxy groups -OCH3 is 1. The van der Waals surface area contributed by atoms with E-state index in [2.05, 4.69) is 5.32 Å². The molecule has 0 aliphatic heterocycles. The first kappa shape index (κ1) is 20.9. The minimum Gasteiger partial charge on any atom is -0.492 e. The van der Waals surface area contributed by atoms with E-state index in [0.29, 0.717) is 35.2 Å². The van der Waals surface area contributed by atoms with E-state index in [1.165, 1.54) is 7.11 Å². The summed E-state index contributed by atoms with van der Waals surface area (Å²) in [5.41, 5.74) is 0. The Morgan fingerprint density at radius 2 is 2.08 bits per heavy atom. The van der Waals surface area contributed by atoms with Gasteiger partial charge in [-0.15, -0.1) is 0 Å². The lowest BCUT2D eigenvalue weighted by molar-refractivity contribution is -0.145. The molecule has 0 bridgehead atoms. The summed E-state index contributed by atoms with van der Waals surface area (Å²) >= 11 is 13.4. The van der Waals surface area contributed by atoms with Crippen molar-refractivity contribution < 1.29 is 19.1 Å². The Kier molecular flexibility index (Phi) is 9.98. The van der Waals surface area contributed by atoms with Crippen LogP contribution in [0.15, 0.2) is 18.2 Å². The molecule has 0 heterocycles. The Labute approximate surface area is 156 Å². The monoisotopic (exact) mass is 393 g/mol. The Balaban J connectivity index is 2.35. The Bertz CT molecular complexity index is 557. The molecular formula is C16H21Cl2NO4S. The molecule has 0 aliphatic carbocycles. The molecule has 0 spiro atoms. The first-order valence-corrected chi connectivity index (χ1v) is 9.57. The summed E-state index contributed by atoms with van der Waals surface area (Å²) in [4.78, 5) is 23.6. The first-order valence-electron chi connectivity index (χ1n) is 7.42. The van der Waals surface area contributed by atoms with E-state index in [4.69, 9.17) is 32.7 Å².